The Bertz CT molecular complexity index is 465. The lowest BCUT2D eigenvalue weighted by Crippen LogP contribution is -2.65. The number of aliphatic hydroxyl groups is 1. The minimum absolute atomic E-state index is 0.0908. The summed E-state index contributed by atoms with van der Waals surface area (Å²) < 4.78 is 53.2. The summed E-state index contributed by atoms with van der Waals surface area (Å²) in [6, 6.07) is 7.32. The van der Waals surface area contributed by atoms with Crippen LogP contribution in [0.2, 0.25) is 0 Å². The summed E-state index contributed by atoms with van der Waals surface area (Å²) in [5, 5.41) is 9.50. The number of benzene rings is 1. The Balaban J connectivity index is 3.27. The van der Waals surface area contributed by atoms with Crippen molar-refractivity contribution in [2.24, 2.45) is 0 Å². The fourth-order valence-corrected chi connectivity index (χ4v) is 1.73. The molecule has 1 aromatic rings. The third kappa shape index (κ3) is 2.63. The molecule has 0 bridgehead atoms. The van der Waals surface area contributed by atoms with E-state index in [9.17, 15) is 27.5 Å². The number of hydrogen-bond donors (Lipinski definition) is 1. The predicted molar refractivity (Wildman–Crippen MR) is 66.0 cm³/mol. The average Bonchev–Trinajstić information content (AvgIpc) is 2.34. The van der Waals surface area contributed by atoms with Crippen LogP contribution in [-0.2, 0) is 4.79 Å². The van der Waals surface area contributed by atoms with Gasteiger partial charge in [0.2, 0.25) is 0 Å². The van der Waals surface area contributed by atoms with Crippen LogP contribution in [-0.4, -0.2) is 35.5 Å². The minimum Gasteiger partial charge on any atom is -0.386 e. The van der Waals surface area contributed by atoms with E-state index in [0.29, 0.717) is 18.7 Å². The van der Waals surface area contributed by atoms with Crippen molar-refractivity contribution >= 4 is 11.6 Å². The fraction of sp³-hybridized carbons (Fsp3) is 0.462. The predicted octanol–water partition coefficient (Wildman–Crippen LogP) is 2.69. The second kappa shape index (κ2) is 5.05. The Hall–Kier alpha value is -1.63. The fourth-order valence-electron chi connectivity index (χ4n) is 1.73. The molecule has 0 saturated heterocycles. The topological polar surface area (TPSA) is 40.5 Å². The number of carbonyl (C=O) groups is 1. The molecular weight excluding hydrogens is 278 g/mol. The van der Waals surface area contributed by atoms with Crippen LogP contribution < -0.4 is 4.90 Å². The molecule has 0 spiro atoms. The van der Waals surface area contributed by atoms with Crippen molar-refractivity contribution in [1.82, 2.24) is 0 Å². The van der Waals surface area contributed by atoms with Crippen LogP contribution in [0.3, 0.4) is 0 Å². The van der Waals surface area contributed by atoms with E-state index in [2.05, 4.69) is 0 Å². The Morgan fingerprint density at radius 1 is 1.10 bits per heavy atom. The van der Waals surface area contributed by atoms with Gasteiger partial charge in [-0.25, -0.2) is 4.39 Å². The lowest BCUT2D eigenvalue weighted by Gasteiger charge is -2.38. The number of nitrogens with zero attached hydrogens (tertiary/aromatic N) is 1. The highest BCUT2D eigenvalue weighted by atomic mass is 19.4. The van der Waals surface area contributed by atoms with Crippen molar-refractivity contribution < 1.29 is 27.5 Å². The van der Waals surface area contributed by atoms with Gasteiger partial charge in [-0.05, 0) is 26.0 Å². The van der Waals surface area contributed by atoms with Gasteiger partial charge < -0.3 is 10.0 Å². The third-order valence-corrected chi connectivity index (χ3v) is 2.98. The maximum absolute atomic E-state index is 14.4. The molecule has 0 aliphatic heterocycles. The van der Waals surface area contributed by atoms with E-state index in [0.717, 1.165) is 7.05 Å². The molecular formula is C13H15F4NO2. The number of carbonyl (C=O) groups excluding carboxylic acids is 1. The van der Waals surface area contributed by atoms with E-state index in [1.807, 2.05) is 0 Å². The average molecular weight is 293 g/mol. The monoisotopic (exact) mass is 293 g/mol. The van der Waals surface area contributed by atoms with Gasteiger partial charge in [-0.1, -0.05) is 18.2 Å². The molecule has 1 unspecified atom stereocenters. The highest BCUT2D eigenvalue weighted by molar-refractivity contribution is 6.00. The zero-order valence-corrected chi connectivity index (χ0v) is 11.2. The molecule has 1 N–H and O–H groups in total. The molecule has 1 aromatic carbocycles. The van der Waals surface area contributed by atoms with Gasteiger partial charge in [0.05, 0.1) is 0 Å². The first-order chi connectivity index (χ1) is 8.93. The molecule has 112 valence electrons. The van der Waals surface area contributed by atoms with Crippen molar-refractivity contribution in [3.05, 3.63) is 30.3 Å². The SMILES string of the molecule is CN(C(=O)C(F)(C(C)(C)O)C(F)(F)F)c1ccccc1. The molecule has 20 heavy (non-hydrogen) atoms. The second-order valence-corrected chi connectivity index (χ2v) is 4.91. The molecule has 0 aliphatic carbocycles. The normalized spacial score (nSPS) is 15.6. The Morgan fingerprint density at radius 2 is 1.55 bits per heavy atom. The molecule has 0 heterocycles. The second-order valence-electron chi connectivity index (χ2n) is 4.91. The van der Waals surface area contributed by atoms with Crippen molar-refractivity contribution in [3.8, 4) is 0 Å². The highest BCUT2D eigenvalue weighted by Crippen LogP contribution is 2.43. The number of anilines is 1. The number of hydrogen-bond acceptors (Lipinski definition) is 2. The van der Waals surface area contributed by atoms with Gasteiger partial charge in [0.25, 0.3) is 5.91 Å². The minimum atomic E-state index is -5.54. The van der Waals surface area contributed by atoms with Gasteiger partial charge in [0, 0.05) is 12.7 Å². The Kier molecular flexibility index (Phi) is 4.14. The van der Waals surface area contributed by atoms with E-state index >= 15 is 0 Å². The summed E-state index contributed by atoms with van der Waals surface area (Å²) in [4.78, 5) is 12.5. The van der Waals surface area contributed by atoms with Crippen molar-refractivity contribution in [2.75, 3.05) is 11.9 Å². The molecule has 0 aromatic heterocycles. The van der Waals surface area contributed by atoms with Gasteiger partial charge in [0.1, 0.15) is 5.60 Å². The smallest absolute Gasteiger partial charge is 0.386 e. The van der Waals surface area contributed by atoms with E-state index < -0.39 is 23.4 Å². The first kappa shape index (κ1) is 16.4. The molecule has 1 rings (SSSR count). The molecule has 1 amide bonds. The van der Waals surface area contributed by atoms with Gasteiger partial charge in [-0.15, -0.1) is 0 Å². The largest absolute Gasteiger partial charge is 0.434 e. The summed E-state index contributed by atoms with van der Waals surface area (Å²) in [5.41, 5.74) is -7.22. The first-order valence-electron chi connectivity index (χ1n) is 5.74. The highest BCUT2D eigenvalue weighted by Gasteiger charge is 2.70. The van der Waals surface area contributed by atoms with Crippen LogP contribution in [0.25, 0.3) is 0 Å². The van der Waals surface area contributed by atoms with Crippen LogP contribution in [0.5, 0.6) is 0 Å². The molecule has 3 nitrogen and oxygen atoms in total. The zero-order chi connectivity index (χ0) is 15.8. The summed E-state index contributed by atoms with van der Waals surface area (Å²) >= 11 is 0. The van der Waals surface area contributed by atoms with E-state index in [1.165, 1.54) is 24.3 Å². The maximum atomic E-state index is 14.4. The summed E-state index contributed by atoms with van der Waals surface area (Å²) in [5.74, 6) is -1.87. The lowest BCUT2D eigenvalue weighted by molar-refractivity contribution is -0.268. The molecule has 0 fully saturated rings. The molecule has 0 saturated carbocycles. The van der Waals surface area contributed by atoms with Gasteiger partial charge in [0.15, 0.2) is 0 Å². The number of alkyl halides is 4. The van der Waals surface area contributed by atoms with Crippen molar-refractivity contribution in [2.45, 2.75) is 31.3 Å². The van der Waals surface area contributed by atoms with Gasteiger partial charge >= 0.3 is 11.8 Å². The number of para-hydroxylation sites is 1. The van der Waals surface area contributed by atoms with Crippen LogP contribution in [0.4, 0.5) is 23.2 Å². The standard InChI is InChI=1S/C13H15F4NO2/c1-11(2,20)12(14,13(15,16)17)10(19)18(3)9-7-5-4-6-8-9/h4-8,20H,1-3H3. The van der Waals surface area contributed by atoms with E-state index in [-0.39, 0.29) is 5.69 Å². The molecule has 0 radical (unpaired) electrons. The molecule has 7 heteroatoms. The van der Waals surface area contributed by atoms with Crippen LogP contribution >= 0.6 is 0 Å². The lowest BCUT2D eigenvalue weighted by atomic mass is 9.85. The Labute approximate surface area is 113 Å². The first-order valence-corrected chi connectivity index (χ1v) is 5.74. The van der Waals surface area contributed by atoms with Gasteiger partial charge in [-0.3, -0.25) is 4.79 Å². The number of amides is 1. The van der Waals surface area contributed by atoms with Crippen LogP contribution in [0, 0.1) is 0 Å². The number of rotatable bonds is 3. The van der Waals surface area contributed by atoms with Gasteiger partial charge in [-0.2, -0.15) is 13.2 Å². The van der Waals surface area contributed by atoms with Crippen LogP contribution in [0.1, 0.15) is 13.8 Å². The van der Waals surface area contributed by atoms with Crippen molar-refractivity contribution in [3.63, 3.8) is 0 Å². The molecule has 0 aliphatic rings. The summed E-state index contributed by atoms with van der Waals surface area (Å²) in [6.45, 7) is 1.22. The van der Waals surface area contributed by atoms with Crippen molar-refractivity contribution in [1.29, 1.82) is 0 Å². The molecule has 1 atom stereocenters. The number of halogens is 4. The third-order valence-electron chi connectivity index (χ3n) is 2.98. The van der Waals surface area contributed by atoms with E-state index in [4.69, 9.17) is 0 Å². The van der Waals surface area contributed by atoms with Crippen LogP contribution in [0.15, 0.2) is 30.3 Å². The van der Waals surface area contributed by atoms with E-state index in [1.54, 1.807) is 6.07 Å². The summed E-state index contributed by atoms with van der Waals surface area (Å²) in [6.07, 6.45) is -5.54. The maximum Gasteiger partial charge on any atom is 0.434 e. The summed E-state index contributed by atoms with van der Waals surface area (Å²) in [7, 11) is 1.02. The zero-order valence-electron chi connectivity index (χ0n) is 11.2. The Morgan fingerprint density at radius 3 is 1.90 bits per heavy atom. The quantitative estimate of drug-likeness (QED) is 0.870.